The zero-order valence-corrected chi connectivity index (χ0v) is 24.8. The second-order valence-electron chi connectivity index (χ2n) is 13.7. The highest BCUT2D eigenvalue weighted by atomic mass is 16.5. The third-order valence-electron chi connectivity index (χ3n) is 10.2. The number of hydrogen-bond donors (Lipinski definition) is 0. The molecule has 0 amide bonds. The number of likely N-dealkylation sites (N-methyl/N-ethyl adjacent to an activating group) is 1. The number of quaternary nitrogens is 1. The molecule has 206 valence electrons. The van der Waals surface area contributed by atoms with Crippen LogP contribution in [0.2, 0.25) is 0 Å². The minimum Gasteiger partial charge on any atom is -0.458 e. The predicted octanol–water partition coefficient (Wildman–Crippen LogP) is 9.08. The first kappa shape index (κ1) is 30.7. The van der Waals surface area contributed by atoms with Gasteiger partial charge in [-0.05, 0) is 43.4 Å². The second-order valence-corrected chi connectivity index (χ2v) is 13.7. The average molecular weight is 493 g/mol. The lowest BCUT2D eigenvalue weighted by Crippen LogP contribution is -2.47. The van der Waals surface area contributed by atoms with Crippen molar-refractivity contribution in [3.8, 4) is 0 Å². The van der Waals surface area contributed by atoms with Gasteiger partial charge in [-0.2, -0.15) is 0 Å². The number of nitrogens with zero attached hydrogens (tertiary/aromatic N) is 1. The zero-order chi connectivity index (χ0) is 25.8. The Balaban J connectivity index is 1.43. The Labute approximate surface area is 219 Å². The van der Waals surface area contributed by atoms with Gasteiger partial charge in [0.2, 0.25) is 0 Å². The Hall–Kier alpha value is -0.570. The molecule has 2 bridgehead atoms. The van der Waals surface area contributed by atoms with E-state index in [9.17, 15) is 4.79 Å². The summed E-state index contributed by atoms with van der Waals surface area (Å²) < 4.78 is 6.86. The van der Waals surface area contributed by atoms with Gasteiger partial charge in [0.05, 0.1) is 20.6 Å². The van der Waals surface area contributed by atoms with Gasteiger partial charge in [0.15, 0.2) is 6.54 Å². The Morgan fingerprint density at radius 1 is 0.771 bits per heavy atom. The van der Waals surface area contributed by atoms with Gasteiger partial charge in [0.1, 0.15) is 6.10 Å². The molecular weight excluding hydrogens is 430 g/mol. The average Bonchev–Trinajstić information content (AvgIpc) is 3.12. The summed E-state index contributed by atoms with van der Waals surface area (Å²) in [5, 5.41) is 0. The molecule has 2 saturated carbocycles. The van der Waals surface area contributed by atoms with Crippen molar-refractivity contribution < 1.29 is 14.0 Å². The molecule has 0 aromatic rings. The monoisotopic (exact) mass is 492 g/mol. The lowest BCUT2D eigenvalue weighted by molar-refractivity contribution is -0.883. The third kappa shape index (κ3) is 9.67. The van der Waals surface area contributed by atoms with Gasteiger partial charge < -0.3 is 9.22 Å². The van der Waals surface area contributed by atoms with E-state index in [1.54, 1.807) is 0 Å². The van der Waals surface area contributed by atoms with E-state index in [4.69, 9.17) is 4.74 Å². The fraction of sp³-hybridized carbons (Fsp3) is 0.969. The van der Waals surface area contributed by atoms with Crippen LogP contribution in [-0.4, -0.2) is 43.7 Å². The summed E-state index contributed by atoms with van der Waals surface area (Å²) in [6.07, 6.45) is 26.1. The molecule has 0 heterocycles. The van der Waals surface area contributed by atoms with Crippen LogP contribution in [0, 0.1) is 16.7 Å². The molecule has 3 atom stereocenters. The molecule has 2 rings (SSSR count). The molecular formula is C32H62NO2+. The van der Waals surface area contributed by atoms with Crippen LogP contribution in [0.15, 0.2) is 0 Å². The van der Waals surface area contributed by atoms with E-state index in [0.717, 1.165) is 23.4 Å². The number of rotatable bonds is 20. The van der Waals surface area contributed by atoms with Crippen LogP contribution in [0.1, 0.15) is 150 Å². The van der Waals surface area contributed by atoms with Gasteiger partial charge in [-0.3, -0.25) is 0 Å². The highest BCUT2D eigenvalue weighted by Gasteiger charge is 2.62. The molecule has 2 aliphatic carbocycles. The van der Waals surface area contributed by atoms with Crippen molar-refractivity contribution in [2.45, 2.75) is 156 Å². The molecule has 3 nitrogen and oxygen atoms in total. The molecule has 0 saturated heterocycles. The normalized spacial score (nSPS) is 25.3. The summed E-state index contributed by atoms with van der Waals surface area (Å²) in [5.74, 6) is 0.735. The molecule has 0 aromatic heterocycles. The van der Waals surface area contributed by atoms with E-state index >= 15 is 0 Å². The fourth-order valence-corrected chi connectivity index (χ4v) is 7.02. The molecule has 3 heteroatoms. The summed E-state index contributed by atoms with van der Waals surface area (Å²) in [6, 6.07) is 0. The van der Waals surface area contributed by atoms with Crippen molar-refractivity contribution in [2.75, 3.05) is 27.2 Å². The molecule has 35 heavy (non-hydrogen) atoms. The van der Waals surface area contributed by atoms with Crippen LogP contribution in [-0.2, 0) is 9.53 Å². The molecule has 0 aromatic carbocycles. The lowest BCUT2D eigenvalue weighted by atomic mass is 9.70. The molecule has 2 fully saturated rings. The summed E-state index contributed by atoms with van der Waals surface area (Å²) >= 11 is 0. The number of hydrogen-bond acceptors (Lipinski definition) is 2. The van der Waals surface area contributed by atoms with Crippen molar-refractivity contribution in [2.24, 2.45) is 16.7 Å². The minimum atomic E-state index is 0.0149. The van der Waals surface area contributed by atoms with Crippen molar-refractivity contribution in [1.29, 1.82) is 0 Å². The van der Waals surface area contributed by atoms with Crippen molar-refractivity contribution in [3.63, 3.8) is 0 Å². The molecule has 0 aliphatic heterocycles. The van der Waals surface area contributed by atoms with Crippen LogP contribution in [0.25, 0.3) is 0 Å². The summed E-state index contributed by atoms with van der Waals surface area (Å²) in [6.45, 7) is 11.0. The van der Waals surface area contributed by atoms with E-state index in [0.29, 0.717) is 12.0 Å². The molecule has 0 radical (unpaired) electrons. The van der Waals surface area contributed by atoms with Gasteiger partial charge in [-0.15, -0.1) is 0 Å². The van der Waals surface area contributed by atoms with Gasteiger partial charge in [-0.25, -0.2) is 4.79 Å². The molecule has 0 N–H and O–H groups in total. The Morgan fingerprint density at radius 2 is 1.23 bits per heavy atom. The van der Waals surface area contributed by atoms with Gasteiger partial charge in [0.25, 0.3) is 0 Å². The Kier molecular flexibility index (Phi) is 13.1. The van der Waals surface area contributed by atoms with Gasteiger partial charge >= 0.3 is 5.97 Å². The van der Waals surface area contributed by atoms with Crippen LogP contribution in [0.5, 0.6) is 0 Å². The molecule has 0 spiro atoms. The van der Waals surface area contributed by atoms with E-state index in [2.05, 4.69) is 41.8 Å². The van der Waals surface area contributed by atoms with Crippen molar-refractivity contribution in [1.82, 2.24) is 0 Å². The maximum Gasteiger partial charge on any atom is 0.362 e. The lowest BCUT2D eigenvalue weighted by Gasteiger charge is -2.39. The SMILES string of the molecule is CCCCCCCCCCCCCCCCCC[N+](C)(C)CC(=O)O[C@H]1C[C@@H]2CC[C@@]1(C)C2(C)C. The Bertz CT molecular complexity index is 598. The highest BCUT2D eigenvalue weighted by Crippen LogP contribution is 2.66. The summed E-state index contributed by atoms with van der Waals surface area (Å²) in [4.78, 5) is 12.8. The van der Waals surface area contributed by atoms with Gasteiger partial charge in [0, 0.05) is 5.41 Å². The van der Waals surface area contributed by atoms with E-state index < -0.39 is 0 Å². The van der Waals surface area contributed by atoms with Crippen LogP contribution in [0.4, 0.5) is 0 Å². The summed E-state index contributed by atoms with van der Waals surface area (Å²) in [5.41, 5.74) is 0.466. The number of unbranched alkanes of at least 4 members (excludes halogenated alkanes) is 15. The van der Waals surface area contributed by atoms with Gasteiger partial charge in [-0.1, -0.05) is 118 Å². The van der Waals surface area contributed by atoms with Crippen LogP contribution >= 0.6 is 0 Å². The topological polar surface area (TPSA) is 26.3 Å². The molecule has 2 aliphatic rings. The van der Waals surface area contributed by atoms with E-state index in [-0.39, 0.29) is 17.5 Å². The largest absolute Gasteiger partial charge is 0.458 e. The van der Waals surface area contributed by atoms with Crippen molar-refractivity contribution >= 4 is 5.97 Å². The quantitative estimate of drug-likeness (QED) is 0.0962. The first-order chi connectivity index (χ1) is 16.6. The second kappa shape index (κ2) is 15.0. The highest BCUT2D eigenvalue weighted by molar-refractivity contribution is 5.71. The first-order valence-corrected chi connectivity index (χ1v) is 15.6. The maximum atomic E-state index is 12.8. The van der Waals surface area contributed by atoms with Crippen molar-refractivity contribution in [3.05, 3.63) is 0 Å². The number of carbonyl (C=O) groups is 1. The zero-order valence-electron chi connectivity index (χ0n) is 24.8. The third-order valence-corrected chi connectivity index (χ3v) is 10.2. The number of carbonyl (C=O) groups excluding carboxylic acids is 1. The van der Waals surface area contributed by atoms with E-state index in [1.165, 1.54) is 116 Å². The number of esters is 1. The number of ether oxygens (including phenoxy) is 1. The van der Waals surface area contributed by atoms with Crippen LogP contribution in [0.3, 0.4) is 0 Å². The summed E-state index contributed by atoms with van der Waals surface area (Å²) in [7, 11) is 4.39. The number of fused-ring (bicyclic) bond motifs is 2. The minimum absolute atomic E-state index is 0.0149. The van der Waals surface area contributed by atoms with Crippen LogP contribution < -0.4 is 0 Å². The maximum absolute atomic E-state index is 12.8. The fourth-order valence-electron chi connectivity index (χ4n) is 7.02. The van der Waals surface area contributed by atoms with E-state index in [1.807, 2.05) is 0 Å². The predicted molar refractivity (Wildman–Crippen MR) is 150 cm³/mol. The molecule has 0 unspecified atom stereocenters. The Morgan fingerprint density at radius 3 is 1.63 bits per heavy atom. The standard InChI is InChI=1S/C32H62NO2/c1-7-8-9-10-11-12-13-14-15-16-17-18-19-20-21-22-25-33(5,6)27-30(34)35-29-26-28-23-24-32(29,4)31(28,2)3/h28-29H,7-27H2,1-6H3/q+1/t28-,29-,32+/m0/s1. The first-order valence-electron chi connectivity index (χ1n) is 15.6. The smallest absolute Gasteiger partial charge is 0.362 e.